The maximum atomic E-state index is 12.0. The maximum Gasteiger partial charge on any atom is 0.220 e. The summed E-state index contributed by atoms with van der Waals surface area (Å²) in [7, 11) is 0. The van der Waals surface area contributed by atoms with E-state index in [1.807, 2.05) is 31.2 Å². The van der Waals surface area contributed by atoms with Gasteiger partial charge in [-0.3, -0.25) is 4.79 Å². The largest absolute Gasteiger partial charge is 0.494 e. The molecule has 1 aliphatic carbocycles. The van der Waals surface area contributed by atoms with E-state index in [-0.39, 0.29) is 5.91 Å². The van der Waals surface area contributed by atoms with Gasteiger partial charge in [-0.2, -0.15) is 0 Å². The molecule has 158 valence electrons. The summed E-state index contributed by atoms with van der Waals surface area (Å²) in [6.07, 6.45) is 10.0. The summed E-state index contributed by atoms with van der Waals surface area (Å²) < 4.78 is 8.03. The topological polar surface area (TPSA) is 69.0 Å². The van der Waals surface area contributed by atoms with Crippen molar-refractivity contribution in [1.29, 1.82) is 0 Å². The lowest BCUT2D eigenvalue weighted by atomic mass is 10.2. The molecule has 7 heteroatoms. The molecule has 2 aromatic rings. The fourth-order valence-electron chi connectivity index (χ4n) is 3.84. The molecule has 1 aliphatic rings. The van der Waals surface area contributed by atoms with Crippen LogP contribution in [0.15, 0.2) is 29.4 Å². The highest BCUT2D eigenvalue weighted by molar-refractivity contribution is 7.98. The number of rotatable bonds is 11. The van der Waals surface area contributed by atoms with Crippen molar-refractivity contribution in [3.05, 3.63) is 35.7 Å². The predicted octanol–water partition coefficient (Wildman–Crippen LogP) is 4.33. The van der Waals surface area contributed by atoms with Crippen LogP contribution in [0, 0.1) is 6.92 Å². The summed E-state index contributed by atoms with van der Waals surface area (Å²) in [6.45, 7) is 3.26. The van der Waals surface area contributed by atoms with Gasteiger partial charge in [-0.25, -0.2) is 0 Å². The number of nitrogens with one attached hydrogen (secondary N) is 1. The molecule has 1 N–H and O–H groups in total. The Balaban J connectivity index is 1.33. The van der Waals surface area contributed by atoms with E-state index in [9.17, 15) is 4.79 Å². The number of thioether (sulfide) groups is 1. The second kappa shape index (κ2) is 11.2. The van der Waals surface area contributed by atoms with Gasteiger partial charge in [0, 0.05) is 25.4 Å². The summed E-state index contributed by atoms with van der Waals surface area (Å²) in [4.78, 5) is 12.0. The van der Waals surface area contributed by atoms with E-state index in [1.54, 1.807) is 11.8 Å². The predicted molar refractivity (Wildman–Crippen MR) is 117 cm³/mol. The van der Waals surface area contributed by atoms with Crippen molar-refractivity contribution in [3.63, 3.8) is 0 Å². The van der Waals surface area contributed by atoms with Crippen LogP contribution >= 0.6 is 11.8 Å². The molecular formula is C22H32N4O2S. The molecule has 1 saturated carbocycles. The number of ether oxygens (including phenoxy) is 1. The van der Waals surface area contributed by atoms with Gasteiger partial charge in [0.2, 0.25) is 5.91 Å². The molecule has 1 aromatic heterocycles. The summed E-state index contributed by atoms with van der Waals surface area (Å²) >= 11 is 1.67. The first kappa shape index (κ1) is 21.7. The van der Waals surface area contributed by atoms with E-state index in [4.69, 9.17) is 4.74 Å². The number of hydrogen-bond acceptors (Lipinski definition) is 5. The molecule has 0 spiro atoms. The first-order valence-corrected chi connectivity index (χ1v) is 11.8. The highest BCUT2D eigenvalue weighted by atomic mass is 32.2. The quantitative estimate of drug-likeness (QED) is 0.436. The Morgan fingerprint density at radius 2 is 2.10 bits per heavy atom. The number of carbonyl (C=O) groups excluding carboxylic acids is 1. The third kappa shape index (κ3) is 6.49. The van der Waals surface area contributed by atoms with Gasteiger partial charge in [-0.05, 0) is 56.6 Å². The minimum Gasteiger partial charge on any atom is -0.494 e. The van der Waals surface area contributed by atoms with Crippen molar-refractivity contribution in [2.45, 2.75) is 69.5 Å². The van der Waals surface area contributed by atoms with Gasteiger partial charge < -0.3 is 14.6 Å². The normalized spacial score (nSPS) is 14.3. The van der Waals surface area contributed by atoms with E-state index in [0.717, 1.165) is 29.6 Å². The van der Waals surface area contributed by atoms with Crippen LogP contribution in [0.5, 0.6) is 5.75 Å². The Morgan fingerprint density at radius 3 is 2.86 bits per heavy atom. The van der Waals surface area contributed by atoms with Gasteiger partial charge in [0.1, 0.15) is 11.6 Å². The summed E-state index contributed by atoms with van der Waals surface area (Å²) in [5.41, 5.74) is 1.17. The number of benzene rings is 1. The fourth-order valence-corrected chi connectivity index (χ4v) is 4.41. The van der Waals surface area contributed by atoms with Gasteiger partial charge in [0.25, 0.3) is 0 Å². The minimum atomic E-state index is 0.0832. The van der Waals surface area contributed by atoms with E-state index >= 15 is 0 Å². The average molecular weight is 417 g/mol. The van der Waals surface area contributed by atoms with Gasteiger partial charge in [0.05, 0.1) is 6.61 Å². The lowest BCUT2D eigenvalue weighted by Crippen LogP contribution is -2.25. The Labute approximate surface area is 177 Å². The molecule has 3 rings (SSSR count). The number of hydrogen-bond donors (Lipinski definition) is 1. The number of carbonyl (C=O) groups is 1. The van der Waals surface area contributed by atoms with E-state index in [0.29, 0.717) is 32.0 Å². The number of aryl methyl sites for hydroxylation is 2. The van der Waals surface area contributed by atoms with Crippen molar-refractivity contribution in [2.24, 2.45) is 0 Å². The molecule has 1 amide bonds. The monoisotopic (exact) mass is 416 g/mol. The molecule has 0 bridgehead atoms. The first-order valence-electron chi connectivity index (χ1n) is 10.6. The van der Waals surface area contributed by atoms with Crippen LogP contribution in [-0.2, 0) is 11.2 Å². The SMILES string of the molecule is CSc1nnc(CCCNC(=O)CCCOc2cccc(C)c2)n1C1CCCC1. The molecule has 0 atom stereocenters. The molecule has 0 aliphatic heterocycles. The van der Waals surface area contributed by atoms with Gasteiger partial charge in [-0.1, -0.05) is 36.7 Å². The third-order valence-electron chi connectivity index (χ3n) is 5.31. The number of nitrogens with zero attached hydrogens (tertiary/aromatic N) is 3. The van der Waals surface area contributed by atoms with Crippen molar-refractivity contribution in [2.75, 3.05) is 19.4 Å². The standard InChI is InChI=1S/C22H32N4O2S/c1-17-8-5-11-19(16-17)28-15-7-13-21(27)23-14-6-12-20-24-25-22(29-2)26(20)18-9-3-4-10-18/h5,8,11,16,18H,3-4,6-7,9-10,12-15H2,1-2H3,(H,23,27). The number of aromatic nitrogens is 3. The second-order valence-electron chi connectivity index (χ2n) is 7.63. The average Bonchev–Trinajstić information content (AvgIpc) is 3.37. The van der Waals surface area contributed by atoms with Crippen LogP contribution in [0.4, 0.5) is 0 Å². The Kier molecular flexibility index (Phi) is 8.40. The second-order valence-corrected chi connectivity index (χ2v) is 8.41. The van der Waals surface area contributed by atoms with Crippen molar-refractivity contribution in [1.82, 2.24) is 20.1 Å². The van der Waals surface area contributed by atoms with Crippen LogP contribution in [0.2, 0.25) is 0 Å². The molecule has 1 heterocycles. The van der Waals surface area contributed by atoms with Crippen LogP contribution in [-0.4, -0.2) is 40.1 Å². The lowest BCUT2D eigenvalue weighted by molar-refractivity contribution is -0.121. The Bertz CT molecular complexity index is 787. The van der Waals surface area contributed by atoms with Gasteiger partial charge in [-0.15, -0.1) is 10.2 Å². The smallest absolute Gasteiger partial charge is 0.220 e. The maximum absolute atomic E-state index is 12.0. The molecule has 1 aromatic carbocycles. The summed E-state index contributed by atoms with van der Waals surface area (Å²) in [5.74, 6) is 2.00. The van der Waals surface area contributed by atoms with Crippen molar-refractivity contribution in [3.8, 4) is 5.75 Å². The highest BCUT2D eigenvalue weighted by Gasteiger charge is 2.23. The van der Waals surface area contributed by atoms with Crippen molar-refractivity contribution < 1.29 is 9.53 Å². The molecule has 0 radical (unpaired) electrons. The molecular weight excluding hydrogens is 384 g/mol. The molecule has 6 nitrogen and oxygen atoms in total. The number of amides is 1. The lowest BCUT2D eigenvalue weighted by Gasteiger charge is -2.16. The zero-order valence-corrected chi connectivity index (χ0v) is 18.3. The van der Waals surface area contributed by atoms with E-state index in [2.05, 4.69) is 26.3 Å². The molecule has 0 saturated heterocycles. The molecule has 0 unspecified atom stereocenters. The van der Waals surface area contributed by atoms with Crippen molar-refractivity contribution >= 4 is 17.7 Å². The van der Waals surface area contributed by atoms with Gasteiger partial charge in [0.15, 0.2) is 5.16 Å². The zero-order chi connectivity index (χ0) is 20.5. The minimum absolute atomic E-state index is 0.0832. The van der Waals surface area contributed by atoms with Crippen LogP contribution in [0.25, 0.3) is 0 Å². The van der Waals surface area contributed by atoms with Gasteiger partial charge >= 0.3 is 0 Å². The fraction of sp³-hybridized carbons (Fsp3) is 0.591. The molecule has 1 fully saturated rings. The van der Waals surface area contributed by atoms with E-state index in [1.165, 1.54) is 31.2 Å². The Morgan fingerprint density at radius 1 is 1.28 bits per heavy atom. The highest BCUT2D eigenvalue weighted by Crippen LogP contribution is 2.33. The molecule has 29 heavy (non-hydrogen) atoms. The zero-order valence-electron chi connectivity index (χ0n) is 17.5. The first-order chi connectivity index (χ1) is 14.2. The summed E-state index contributed by atoms with van der Waals surface area (Å²) in [6, 6.07) is 8.52. The van der Waals surface area contributed by atoms with Crippen LogP contribution in [0.1, 0.15) is 62.4 Å². The van der Waals surface area contributed by atoms with Crippen LogP contribution in [0.3, 0.4) is 0 Å². The Hall–Kier alpha value is -2.02. The van der Waals surface area contributed by atoms with Crippen LogP contribution < -0.4 is 10.1 Å². The van der Waals surface area contributed by atoms with E-state index < -0.39 is 0 Å². The summed E-state index contributed by atoms with van der Waals surface area (Å²) in [5, 5.41) is 12.8. The third-order valence-corrected chi connectivity index (χ3v) is 5.96.